The van der Waals surface area contributed by atoms with Crippen LogP contribution in [0.1, 0.15) is 56.4 Å². The first-order valence-electron chi connectivity index (χ1n) is 9.40. The molecule has 1 aliphatic rings. The van der Waals surface area contributed by atoms with E-state index in [1.54, 1.807) is 11.3 Å². The van der Waals surface area contributed by atoms with Crippen LogP contribution in [0.2, 0.25) is 0 Å². The third-order valence-corrected chi connectivity index (χ3v) is 6.08. The fraction of sp³-hybridized carbons (Fsp3) is 0.524. The zero-order valence-corrected chi connectivity index (χ0v) is 15.9. The van der Waals surface area contributed by atoms with Crippen molar-refractivity contribution < 1.29 is 9.47 Å². The van der Waals surface area contributed by atoms with Gasteiger partial charge in [-0.1, -0.05) is 50.1 Å². The molecule has 3 rings (SSSR count). The summed E-state index contributed by atoms with van der Waals surface area (Å²) >= 11 is 1.77. The lowest BCUT2D eigenvalue weighted by molar-refractivity contribution is -0.164. The van der Waals surface area contributed by atoms with Gasteiger partial charge in [0.2, 0.25) is 0 Å². The molecule has 0 amide bonds. The summed E-state index contributed by atoms with van der Waals surface area (Å²) < 4.78 is 11.6. The summed E-state index contributed by atoms with van der Waals surface area (Å²) in [6, 6.07) is 12.9. The molecule has 1 saturated heterocycles. The molecule has 25 heavy (non-hydrogen) atoms. The maximum atomic E-state index is 6.40. The number of rotatable bonds is 9. The van der Waals surface area contributed by atoms with Crippen molar-refractivity contribution in [1.29, 1.82) is 0 Å². The average Bonchev–Trinajstić information content (AvgIpc) is 3.32. The molecule has 0 spiro atoms. The van der Waals surface area contributed by atoms with Gasteiger partial charge in [-0.2, -0.15) is 0 Å². The molecule has 136 valence electrons. The summed E-state index contributed by atoms with van der Waals surface area (Å²) in [6.07, 6.45) is 6.44. The number of thiophene rings is 1. The van der Waals surface area contributed by atoms with E-state index in [-0.39, 0.29) is 11.8 Å². The minimum absolute atomic E-state index is 0.140. The third kappa shape index (κ3) is 4.91. The van der Waals surface area contributed by atoms with Gasteiger partial charge in [0.1, 0.15) is 0 Å². The number of hydrogen-bond donors (Lipinski definition) is 1. The summed E-state index contributed by atoms with van der Waals surface area (Å²) in [4.78, 5) is 1.28. The smallest absolute Gasteiger partial charge is 0.168 e. The highest BCUT2D eigenvalue weighted by Crippen LogP contribution is 2.32. The molecule has 1 aliphatic heterocycles. The molecule has 4 heteroatoms. The highest BCUT2D eigenvalue weighted by molar-refractivity contribution is 7.10. The third-order valence-electron chi connectivity index (χ3n) is 5.02. The number of unbranched alkanes of at least 4 members (excludes halogenated alkanes) is 2. The Morgan fingerprint density at radius 3 is 2.56 bits per heavy atom. The van der Waals surface area contributed by atoms with Gasteiger partial charge in [0.15, 0.2) is 5.79 Å². The molecule has 1 aromatic heterocycles. The summed E-state index contributed by atoms with van der Waals surface area (Å²) in [5.74, 6) is -0.305. The van der Waals surface area contributed by atoms with Crippen molar-refractivity contribution in [1.82, 2.24) is 0 Å². The SMILES string of the molecule is CCC1(CCCCCC(N)c2cc(-c3ccccc3)cs2)OCCO1. The van der Waals surface area contributed by atoms with E-state index in [9.17, 15) is 0 Å². The van der Waals surface area contributed by atoms with Gasteiger partial charge in [-0.15, -0.1) is 11.3 Å². The summed E-state index contributed by atoms with van der Waals surface area (Å²) in [5.41, 5.74) is 8.94. The number of nitrogens with two attached hydrogens (primary N) is 1. The van der Waals surface area contributed by atoms with E-state index in [2.05, 4.69) is 42.6 Å². The van der Waals surface area contributed by atoms with Gasteiger partial charge in [-0.3, -0.25) is 0 Å². The van der Waals surface area contributed by atoms with E-state index in [0.29, 0.717) is 0 Å². The van der Waals surface area contributed by atoms with Gasteiger partial charge in [0.25, 0.3) is 0 Å². The molecular weight excluding hydrogens is 330 g/mol. The second kappa shape index (κ2) is 8.95. The van der Waals surface area contributed by atoms with Gasteiger partial charge in [0.05, 0.1) is 13.2 Å². The zero-order chi connectivity index (χ0) is 17.5. The standard InChI is InChI=1S/C21H29NO2S/c1-2-21(23-13-14-24-21)12-8-4-7-11-19(22)20-15-18(16-25-20)17-9-5-3-6-10-17/h3,5-6,9-10,15-16,19H,2,4,7-8,11-14,22H2,1H3. The molecule has 0 saturated carbocycles. The maximum Gasteiger partial charge on any atom is 0.168 e. The highest BCUT2D eigenvalue weighted by atomic mass is 32.1. The van der Waals surface area contributed by atoms with Crippen LogP contribution in [0.25, 0.3) is 11.1 Å². The predicted octanol–water partition coefficient (Wildman–Crippen LogP) is 5.52. The van der Waals surface area contributed by atoms with Gasteiger partial charge in [-0.25, -0.2) is 0 Å². The van der Waals surface area contributed by atoms with Gasteiger partial charge < -0.3 is 15.2 Å². The minimum Gasteiger partial charge on any atom is -0.348 e. The Morgan fingerprint density at radius 1 is 1.08 bits per heavy atom. The van der Waals surface area contributed by atoms with E-state index < -0.39 is 0 Å². The molecule has 2 heterocycles. The zero-order valence-electron chi connectivity index (χ0n) is 15.1. The summed E-state index contributed by atoms with van der Waals surface area (Å²) in [7, 11) is 0. The second-order valence-electron chi connectivity index (χ2n) is 6.77. The van der Waals surface area contributed by atoms with Gasteiger partial charge in [-0.05, 0) is 41.8 Å². The van der Waals surface area contributed by atoms with Crippen LogP contribution < -0.4 is 5.73 Å². The molecule has 0 radical (unpaired) electrons. The van der Waals surface area contributed by atoms with Gasteiger partial charge in [0, 0.05) is 17.3 Å². The molecule has 1 fully saturated rings. The van der Waals surface area contributed by atoms with Crippen molar-refractivity contribution in [2.45, 2.75) is 57.3 Å². The predicted molar refractivity (Wildman–Crippen MR) is 105 cm³/mol. The van der Waals surface area contributed by atoms with Crippen molar-refractivity contribution in [3.63, 3.8) is 0 Å². The molecule has 0 aliphatic carbocycles. The molecule has 0 bridgehead atoms. The van der Waals surface area contributed by atoms with Crippen LogP contribution in [0.3, 0.4) is 0 Å². The quantitative estimate of drug-likeness (QED) is 0.600. The first-order chi connectivity index (χ1) is 12.2. The number of ether oxygens (including phenoxy) is 2. The van der Waals surface area contributed by atoms with Crippen molar-refractivity contribution in [3.05, 3.63) is 46.7 Å². The molecule has 2 N–H and O–H groups in total. The van der Waals surface area contributed by atoms with E-state index in [1.165, 1.54) is 22.4 Å². The highest BCUT2D eigenvalue weighted by Gasteiger charge is 2.33. The van der Waals surface area contributed by atoms with Crippen LogP contribution in [0.5, 0.6) is 0 Å². The largest absolute Gasteiger partial charge is 0.348 e. The molecule has 3 nitrogen and oxygen atoms in total. The van der Waals surface area contributed by atoms with Gasteiger partial charge >= 0.3 is 0 Å². The van der Waals surface area contributed by atoms with Crippen molar-refractivity contribution in [2.24, 2.45) is 5.73 Å². The normalized spacial score (nSPS) is 17.7. The Labute approximate surface area is 155 Å². The molecule has 1 atom stereocenters. The number of benzene rings is 1. The lowest BCUT2D eigenvalue weighted by atomic mass is 10.0. The number of hydrogen-bond acceptors (Lipinski definition) is 4. The molecule has 1 unspecified atom stereocenters. The van der Waals surface area contributed by atoms with E-state index in [0.717, 1.165) is 45.3 Å². The van der Waals surface area contributed by atoms with Crippen molar-refractivity contribution >= 4 is 11.3 Å². The molecule has 2 aromatic rings. The lowest BCUT2D eigenvalue weighted by Crippen LogP contribution is -2.28. The van der Waals surface area contributed by atoms with E-state index in [4.69, 9.17) is 15.2 Å². The Morgan fingerprint density at radius 2 is 1.84 bits per heavy atom. The first kappa shape index (κ1) is 18.6. The second-order valence-corrected chi connectivity index (χ2v) is 7.71. The average molecular weight is 360 g/mol. The lowest BCUT2D eigenvalue weighted by Gasteiger charge is -2.25. The van der Waals surface area contributed by atoms with Crippen LogP contribution in [0, 0.1) is 0 Å². The van der Waals surface area contributed by atoms with Crippen molar-refractivity contribution in [2.75, 3.05) is 13.2 Å². The summed E-state index contributed by atoms with van der Waals surface area (Å²) in [6.45, 7) is 3.62. The van der Waals surface area contributed by atoms with Crippen LogP contribution in [0.15, 0.2) is 41.8 Å². The summed E-state index contributed by atoms with van der Waals surface area (Å²) in [5, 5.41) is 2.21. The first-order valence-corrected chi connectivity index (χ1v) is 10.3. The Hall–Kier alpha value is -1.20. The van der Waals surface area contributed by atoms with Crippen LogP contribution in [-0.4, -0.2) is 19.0 Å². The maximum absolute atomic E-state index is 6.40. The van der Waals surface area contributed by atoms with Crippen LogP contribution in [0.4, 0.5) is 0 Å². The molecular formula is C21H29NO2S. The van der Waals surface area contributed by atoms with Crippen LogP contribution in [-0.2, 0) is 9.47 Å². The van der Waals surface area contributed by atoms with E-state index >= 15 is 0 Å². The Balaban J connectivity index is 1.41. The fourth-order valence-electron chi connectivity index (χ4n) is 3.43. The van der Waals surface area contributed by atoms with E-state index in [1.807, 2.05) is 6.07 Å². The van der Waals surface area contributed by atoms with Crippen LogP contribution >= 0.6 is 11.3 Å². The monoisotopic (exact) mass is 359 g/mol. The Kier molecular flexibility index (Phi) is 6.65. The van der Waals surface area contributed by atoms with Crippen molar-refractivity contribution in [3.8, 4) is 11.1 Å². The Bertz CT molecular complexity index is 634. The molecule has 1 aromatic carbocycles. The minimum atomic E-state index is -0.305. The topological polar surface area (TPSA) is 44.5 Å². The fourth-order valence-corrected chi connectivity index (χ4v) is 4.38.